The molecule has 0 saturated heterocycles. The number of anilines is 1. The molecule has 1 heterocycles. The second kappa shape index (κ2) is 7.61. The summed E-state index contributed by atoms with van der Waals surface area (Å²) in [5.41, 5.74) is 5.32. The molecule has 0 radical (unpaired) electrons. The van der Waals surface area contributed by atoms with Crippen LogP contribution in [-0.2, 0) is 17.5 Å². The van der Waals surface area contributed by atoms with Gasteiger partial charge >= 0.3 is 6.18 Å². The maximum Gasteiger partial charge on any atom is 0.433 e. The average Bonchev–Trinajstić information content (AvgIpc) is 2.41. The first kappa shape index (κ1) is 17.7. The summed E-state index contributed by atoms with van der Waals surface area (Å²) in [6.45, 7) is 5.60. The molecule has 4 nitrogen and oxygen atoms in total. The number of nitrogens with zero attached hydrogens (tertiary/aromatic N) is 2. The Balaban J connectivity index is 3.19. The number of nitrogens with two attached hydrogens (primary N) is 1. The summed E-state index contributed by atoms with van der Waals surface area (Å²) in [6, 6.07) is 2.36. The zero-order valence-electron chi connectivity index (χ0n) is 12.6. The number of halogens is 3. The van der Waals surface area contributed by atoms with E-state index in [1.165, 1.54) is 6.07 Å². The van der Waals surface area contributed by atoms with Crippen molar-refractivity contribution in [1.29, 1.82) is 0 Å². The van der Waals surface area contributed by atoms with Gasteiger partial charge in [-0.1, -0.05) is 19.9 Å². The molecule has 0 unspecified atom stereocenters. The zero-order chi connectivity index (χ0) is 16.0. The molecule has 0 aliphatic heterocycles. The molecule has 120 valence electrons. The van der Waals surface area contributed by atoms with Crippen LogP contribution in [-0.4, -0.2) is 31.8 Å². The molecular formula is C14H22F3N3O. The van der Waals surface area contributed by atoms with Crippen LogP contribution in [0.2, 0.25) is 0 Å². The summed E-state index contributed by atoms with van der Waals surface area (Å²) in [5, 5.41) is 0. The van der Waals surface area contributed by atoms with Gasteiger partial charge < -0.3 is 15.4 Å². The van der Waals surface area contributed by atoms with E-state index >= 15 is 0 Å². The minimum absolute atomic E-state index is 0.141. The minimum atomic E-state index is -4.47. The van der Waals surface area contributed by atoms with Gasteiger partial charge in [0.25, 0.3) is 0 Å². The Kier molecular flexibility index (Phi) is 6.42. The first-order valence-electron chi connectivity index (χ1n) is 6.80. The van der Waals surface area contributed by atoms with Crippen molar-refractivity contribution in [1.82, 2.24) is 4.98 Å². The third kappa shape index (κ3) is 5.17. The molecular weight excluding hydrogens is 283 g/mol. The molecule has 0 aliphatic carbocycles. The van der Waals surface area contributed by atoms with Crippen molar-refractivity contribution in [3.63, 3.8) is 0 Å². The quantitative estimate of drug-likeness (QED) is 0.841. The Morgan fingerprint density at radius 2 is 2.00 bits per heavy atom. The van der Waals surface area contributed by atoms with Crippen LogP contribution in [0.25, 0.3) is 0 Å². The Bertz CT molecular complexity index is 450. The second-order valence-electron chi connectivity index (χ2n) is 5.21. The summed E-state index contributed by atoms with van der Waals surface area (Å²) in [5.74, 6) is 0.571. The van der Waals surface area contributed by atoms with Gasteiger partial charge in [0.1, 0.15) is 11.5 Å². The van der Waals surface area contributed by atoms with Crippen LogP contribution in [0.5, 0.6) is 0 Å². The molecule has 7 heteroatoms. The predicted octanol–water partition coefficient (Wildman–Crippen LogP) is 2.67. The fourth-order valence-corrected chi connectivity index (χ4v) is 1.99. The lowest BCUT2D eigenvalue weighted by Gasteiger charge is -2.28. The Morgan fingerprint density at radius 3 is 2.48 bits per heavy atom. The number of ether oxygens (including phenoxy) is 1. The average molecular weight is 305 g/mol. The minimum Gasteiger partial charge on any atom is -0.383 e. The van der Waals surface area contributed by atoms with Crippen molar-refractivity contribution >= 4 is 5.82 Å². The number of pyridine rings is 1. The van der Waals surface area contributed by atoms with E-state index in [0.29, 0.717) is 25.3 Å². The van der Waals surface area contributed by atoms with Gasteiger partial charge in [0.2, 0.25) is 0 Å². The van der Waals surface area contributed by atoms with Crippen molar-refractivity contribution < 1.29 is 17.9 Å². The number of alkyl halides is 3. The number of rotatable bonds is 7. The highest BCUT2D eigenvalue weighted by atomic mass is 19.4. The molecule has 0 aliphatic rings. The van der Waals surface area contributed by atoms with Crippen LogP contribution >= 0.6 is 0 Å². The Labute approximate surface area is 123 Å². The first-order chi connectivity index (χ1) is 9.79. The van der Waals surface area contributed by atoms with Crippen LogP contribution in [0.4, 0.5) is 19.0 Å². The molecule has 1 aromatic rings. The molecule has 0 aromatic carbocycles. The molecule has 0 atom stereocenters. The lowest BCUT2D eigenvalue weighted by atomic mass is 10.1. The fourth-order valence-electron chi connectivity index (χ4n) is 1.99. The topological polar surface area (TPSA) is 51.4 Å². The molecule has 2 N–H and O–H groups in total. The summed E-state index contributed by atoms with van der Waals surface area (Å²) in [7, 11) is 1.55. The van der Waals surface area contributed by atoms with Gasteiger partial charge in [0, 0.05) is 32.3 Å². The SMILES string of the molecule is COCCN(CC(C)C)c1nc(C(F)(F)F)ccc1CN. The van der Waals surface area contributed by atoms with Crippen LogP contribution in [0.1, 0.15) is 25.1 Å². The predicted molar refractivity (Wildman–Crippen MR) is 76.1 cm³/mol. The van der Waals surface area contributed by atoms with Crippen molar-refractivity contribution in [3.8, 4) is 0 Å². The van der Waals surface area contributed by atoms with Crippen LogP contribution in [0.3, 0.4) is 0 Å². The standard InChI is InChI=1S/C14H22F3N3O/c1-10(2)9-20(6-7-21-3)13-11(8-18)4-5-12(19-13)14(15,16)17/h4-5,10H,6-9,18H2,1-3H3. The molecule has 0 saturated carbocycles. The van der Waals surface area contributed by atoms with E-state index in [-0.39, 0.29) is 18.3 Å². The van der Waals surface area contributed by atoms with Gasteiger partial charge in [-0.2, -0.15) is 13.2 Å². The van der Waals surface area contributed by atoms with Gasteiger partial charge in [0.05, 0.1) is 6.61 Å². The highest BCUT2D eigenvalue weighted by Gasteiger charge is 2.33. The maximum absolute atomic E-state index is 12.8. The van der Waals surface area contributed by atoms with E-state index in [9.17, 15) is 13.2 Å². The molecule has 0 fully saturated rings. The van der Waals surface area contributed by atoms with Crippen molar-refractivity contribution in [2.75, 3.05) is 31.7 Å². The van der Waals surface area contributed by atoms with E-state index in [4.69, 9.17) is 10.5 Å². The van der Waals surface area contributed by atoms with Gasteiger partial charge in [-0.15, -0.1) is 0 Å². The highest BCUT2D eigenvalue weighted by molar-refractivity contribution is 5.48. The number of aromatic nitrogens is 1. The molecule has 0 bridgehead atoms. The van der Waals surface area contributed by atoms with E-state index in [1.54, 1.807) is 12.0 Å². The summed E-state index contributed by atoms with van der Waals surface area (Å²) in [4.78, 5) is 5.58. The number of hydrogen-bond donors (Lipinski definition) is 1. The first-order valence-corrected chi connectivity index (χ1v) is 6.80. The van der Waals surface area contributed by atoms with Crippen molar-refractivity contribution in [2.45, 2.75) is 26.6 Å². The van der Waals surface area contributed by atoms with Crippen LogP contribution < -0.4 is 10.6 Å². The monoisotopic (exact) mass is 305 g/mol. The molecule has 21 heavy (non-hydrogen) atoms. The molecule has 0 spiro atoms. The largest absolute Gasteiger partial charge is 0.433 e. The van der Waals surface area contributed by atoms with Crippen LogP contribution in [0.15, 0.2) is 12.1 Å². The van der Waals surface area contributed by atoms with Gasteiger partial charge in [0.15, 0.2) is 0 Å². The molecule has 1 rings (SSSR count). The number of methoxy groups -OCH3 is 1. The Morgan fingerprint density at radius 1 is 1.33 bits per heavy atom. The smallest absolute Gasteiger partial charge is 0.383 e. The van der Waals surface area contributed by atoms with Crippen LogP contribution in [0, 0.1) is 5.92 Å². The summed E-state index contributed by atoms with van der Waals surface area (Å²) in [6.07, 6.45) is -4.47. The van der Waals surface area contributed by atoms with Gasteiger partial charge in [-0.25, -0.2) is 4.98 Å². The van der Waals surface area contributed by atoms with Crippen molar-refractivity contribution in [3.05, 3.63) is 23.4 Å². The summed E-state index contributed by atoms with van der Waals surface area (Å²) < 4.78 is 43.6. The maximum atomic E-state index is 12.8. The molecule has 1 aromatic heterocycles. The number of hydrogen-bond acceptors (Lipinski definition) is 4. The van der Waals surface area contributed by atoms with E-state index < -0.39 is 11.9 Å². The third-order valence-electron chi connectivity index (χ3n) is 2.92. The lowest BCUT2D eigenvalue weighted by Crippen LogP contribution is -2.33. The highest BCUT2D eigenvalue weighted by Crippen LogP contribution is 2.30. The Hall–Kier alpha value is -1.34. The lowest BCUT2D eigenvalue weighted by molar-refractivity contribution is -0.141. The van der Waals surface area contributed by atoms with Crippen molar-refractivity contribution in [2.24, 2.45) is 11.7 Å². The second-order valence-corrected chi connectivity index (χ2v) is 5.21. The van der Waals surface area contributed by atoms with Gasteiger partial charge in [-0.05, 0) is 12.0 Å². The fraction of sp³-hybridized carbons (Fsp3) is 0.643. The normalized spacial score (nSPS) is 12.0. The van der Waals surface area contributed by atoms with Gasteiger partial charge in [-0.3, -0.25) is 0 Å². The van der Waals surface area contributed by atoms with E-state index in [2.05, 4.69) is 4.98 Å². The summed E-state index contributed by atoms with van der Waals surface area (Å²) >= 11 is 0. The zero-order valence-corrected chi connectivity index (χ0v) is 12.6. The molecule has 0 amide bonds. The van der Waals surface area contributed by atoms with E-state index in [1.807, 2.05) is 13.8 Å². The third-order valence-corrected chi connectivity index (χ3v) is 2.92. The van der Waals surface area contributed by atoms with E-state index in [0.717, 1.165) is 6.07 Å².